The topological polar surface area (TPSA) is 74.8 Å². The molecule has 0 bridgehead atoms. The second-order valence-electron chi connectivity index (χ2n) is 6.54. The highest BCUT2D eigenvalue weighted by Gasteiger charge is 2.38. The van der Waals surface area contributed by atoms with E-state index in [4.69, 9.17) is 0 Å². The number of aromatic amines is 1. The number of hydrogen-bond acceptors (Lipinski definition) is 6. The summed E-state index contributed by atoms with van der Waals surface area (Å²) in [5.41, 5.74) is 2.08. The van der Waals surface area contributed by atoms with Crippen LogP contribution in [0.5, 0.6) is 0 Å². The number of carbonyl (C=O) groups excluding carboxylic acids is 1. The first-order valence-corrected chi connectivity index (χ1v) is 10.2. The van der Waals surface area contributed by atoms with Crippen molar-refractivity contribution in [2.24, 2.45) is 0 Å². The molecule has 4 rings (SSSR count). The molecule has 1 atom stereocenters. The van der Waals surface area contributed by atoms with Crippen LogP contribution in [0.3, 0.4) is 0 Å². The first-order chi connectivity index (χ1) is 12.0. The number of nitrogens with one attached hydrogen (secondary N) is 2. The van der Waals surface area contributed by atoms with Crippen LogP contribution in [0.1, 0.15) is 49.5 Å². The molecule has 2 aromatic heterocycles. The van der Waals surface area contributed by atoms with E-state index in [1.165, 1.54) is 11.8 Å². The number of aromatic nitrogens is 2. The molecule has 0 amide bonds. The minimum Gasteiger partial charge on any atom is -0.343 e. The van der Waals surface area contributed by atoms with Gasteiger partial charge in [-0.15, -0.1) is 11.3 Å². The highest BCUT2D eigenvalue weighted by molar-refractivity contribution is 7.99. The summed E-state index contributed by atoms with van der Waals surface area (Å²) >= 11 is 3.10. The number of rotatable bonds is 3. The summed E-state index contributed by atoms with van der Waals surface area (Å²) in [6, 6.07) is 3.95. The third-order valence-corrected chi connectivity index (χ3v) is 6.24. The lowest BCUT2D eigenvalue weighted by Gasteiger charge is -2.32. The Morgan fingerprint density at radius 3 is 2.88 bits per heavy atom. The van der Waals surface area contributed by atoms with Crippen molar-refractivity contribution in [1.29, 1.82) is 0 Å². The molecule has 0 saturated heterocycles. The molecule has 0 unspecified atom stereocenters. The molecule has 2 N–H and O–H groups in total. The smallest absolute Gasteiger partial charge is 0.257 e. The molecule has 25 heavy (non-hydrogen) atoms. The maximum absolute atomic E-state index is 12.9. The molecule has 5 nitrogen and oxygen atoms in total. The van der Waals surface area contributed by atoms with E-state index < -0.39 is 0 Å². The Kier molecular flexibility index (Phi) is 4.29. The fourth-order valence-electron chi connectivity index (χ4n) is 3.46. The van der Waals surface area contributed by atoms with Crippen molar-refractivity contribution < 1.29 is 4.79 Å². The molecule has 0 saturated carbocycles. The Hall–Kier alpha value is -1.86. The van der Waals surface area contributed by atoms with E-state index in [2.05, 4.69) is 29.1 Å². The number of H-pyrrole nitrogens is 1. The summed E-state index contributed by atoms with van der Waals surface area (Å²) in [6.07, 6.45) is 2.21. The molecule has 2 aliphatic rings. The van der Waals surface area contributed by atoms with Crippen molar-refractivity contribution in [3.05, 3.63) is 49.6 Å². The molecule has 1 aliphatic heterocycles. The fraction of sp³-hybridized carbons (Fsp3) is 0.389. The van der Waals surface area contributed by atoms with Gasteiger partial charge in [0.2, 0.25) is 0 Å². The molecule has 1 aliphatic carbocycles. The lowest BCUT2D eigenvalue weighted by Crippen LogP contribution is -2.32. The van der Waals surface area contributed by atoms with Crippen molar-refractivity contribution in [1.82, 2.24) is 9.97 Å². The van der Waals surface area contributed by atoms with Gasteiger partial charge in [0.05, 0.1) is 11.5 Å². The second kappa shape index (κ2) is 6.46. The Morgan fingerprint density at radius 1 is 1.32 bits per heavy atom. The number of thioether (sulfide) groups is 1. The van der Waals surface area contributed by atoms with Crippen molar-refractivity contribution in [3.8, 4) is 0 Å². The van der Waals surface area contributed by atoms with Gasteiger partial charge >= 0.3 is 0 Å². The van der Waals surface area contributed by atoms with E-state index in [-0.39, 0.29) is 17.3 Å². The average Bonchev–Trinajstić information content (AvgIpc) is 3.06. The Bertz CT molecular complexity index is 913. The minimum absolute atomic E-state index is 0.137. The lowest BCUT2D eigenvalue weighted by molar-refractivity contribution is -0.116. The summed E-state index contributed by atoms with van der Waals surface area (Å²) in [6.45, 7) is 4.12. The zero-order valence-electron chi connectivity index (χ0n) is 14.1. The van der Waals surface area contributed by atoms with E-state index in [0.29, 0.717) is 28.2 Å². The zero-order valence-corrected chi connectivity index (χ0v) is 15.7. The summed E-state index contributed by atoms with van der Waals surface area (Å²) in [4.78, 5) is 34.1. The monoisotopic (exact) mass is 373 g/mol. The van der Waals surface area contributed by atoms with Crippen LogP contribution in [0.25, 0.3) is 0 Å². The van der Waals surface area contributed by atoms with Gasteiger partial charge in [-0.1, -0.05) is 31.7 Å². The number of carbonyl (C=O) groups is 1. The number of anilines is 1. The maximum atomic E-state index is 12.9. The van der Waals surface area contributed by atoms with Crippen molar-refractivity contribution >= 4 is 34.7 Å². The van der Waals surface area contributed by atoms with Crippen molar-refractivity contribution in [2.75, 3.05) is 5.32 Å². The van der Waals surface area contributed by atoms with Gasteiger partial charge in [0.25, 0.3) is 5.56 Å². The molecule has 0 aromatic carbocycles. The molecule has 7 heteroatoms. The summed E-state index contributed by atoms with van der Waals surface area (Å²) in [5, 5.41) is 6.21. The normalized spacial score (nSPS) is 19.6. The highest BCUT2D eigenvalue weighted by atomic mass is 32.2. The largest absolute Gasteiger partial charge is 0.343 e. The average molecular weight is 374 g/mol. The zero-order chi connectivity index (χ0) is 17.6. The van der Waals surface area contributed by atoms with Crippen molar-refractivity contribution in [3.63, 3.8) is 0 Å². The maximum Gasteiger partial charge on any atom is 0.257 e. The molecule has 2 aromatic rings. The van der Waals surface area contributed by atoms with Gasteiger partial charge in [0.1, 0.15) is 5.82 Å². The second-order valence-corrected chi connectivity index (χ2v) is 9.09. The SMILES string of the molecule is CC(C)Sc1nc2c(c(=O)[nH]1)[C@H](c1cccs1)C1=C(CCCC1=O)N2. The Labute approximate surface area is 154 Å². The van der Waals surface area contributed by atoms with Crippen LogP contribution in [0.2, 0.25) is 0 Å². The summed E-state index contributed by atoms with van der Waals surface area (Å²) < 4.78 is 0. The minimum atomic E-state index is -0.312. The van der Waals surface area contributed by atoms with Gasteiger partial charge in [-0.2, -0.15) is 0 Å². The third kappa shape index (κ3) is 2.95. The molecular weight excluding hydrogens is 354 g/mol. The van der Waals surface area contributed by atoms with Gasteiger partial charge in [-0.25, -0.2) is 4.98 Å². The van der Waals surface area contributed by atoms with Gasteiger partial charge in [0.15, 0.2) is 10.9 Å². The number of nitrogens with zero attached hydrogens (tertiary/aromatic N) is 1. The summed E-state index contributed by atoms with van der Waals surface area (Å²) in [7, 11) is 0. The number of fused-ring (bicyclic) bond motifs is 1. The van der Waals surface area contributed by atoms with E-state index in [0.717, 1.165) is 29.0 Å². The first kappa shape index (κ1) is 16.6. The molecule has 0 radical (unpaired) electrons. The van der Waals surface area contributed by atoms with E-state index in [1.54, 1.807) is 11.3 Å². The van der Waals surface area contributed by atoms with Crippen LogP contribution in [0.4, 0.5) is 5.82 Å². The first-order valence-electron chi connectivity index (χ1n) is 8.42. The van der Waals surface area contributed by atoms with Crippen LogP contribution >= 0.6 is 23.1 Å². The standard InChI is InChI=1S/C18H19N3O2S2/c1-9(2)25-18-20-16-15(17(23)21-18)14(12-7-4-8-24-12)13-10(19-16)5-3-6-11(13)22/h4,7-9,14H,3,5-6H2,1-2H3,(H2,19,20,21,23)/t14-/m1/s1. The third-order valence-electron chi connectivity index (χ3n) is 4.41. The van der Waals surface area contributed by atoms with E-state index in [9.17, 15) is 9.59 Å². The number of hydrogen-bond donors (Lipinski definition) is 2. The van der Waals surface area contributed by atoms with Gasteiger partial charge in [0, 0.05) is 27.8 Å². The number of Topliss-reactive ketones (excluding diaryl/α,β-unsaturated/α-hetero) is 1. The molecule has 130 valence electrons. The molecular formula is C18H19N3O2S2. The van der Waals surface area contributed by atoms with Crippen LogP contribution in [0, 0.1) is 0 Å². The quantitative estimate of drug-likeness (QED) is 0.630. The van der Waals surface area contributed by atoms with Gasteiger partial charge in [-0.05, 0) is 24.3 Å². The Morgan fingerprint density at radius 2 is 2.16 bits per heavy atom. The number of allylic oxidation sites excluding steroid dienone is 2. The highest BCUT2D eigenvalue weighted by Crippen LogP contribution is 2.44. The van der Waals surface area contributed by atoms with E-state index >= 15 is 0 Å². The van der Waals surface area contributed by atoms with Crippen molar-refractivity contribution in [2.45, 2.75) is 49.4 Å². The number of thiophene rings is 1. The van der Waals surface area contributed by atoms with Crippen LogP contribution in [-0.2, 0) is 4.79 Å². The summed E-state index contributed by atoms with van der Waals surface area (Å²) in [5.74, 6) is 0.421. The molecule has 3 heterocycles. The molecule has 0 fully saturated rings. The lowest BCUT2D eigenvalue weighted by atomic mass is 9.79. The Balaban J connectivity index is 1.91. The van der Waals surface area contributed by atoms with Crippen LogP contribution in [-0.4, -0.2) is 21.0 Å². The fourth-order valence-corrected chi connectivity index (χ4v) is 5.04. The van der Waals surface area contributed by atoms with E-state index in [1.807, 2.05) is 17.5 Å². The van der Waals surface area contributed by atoms with Gasteiger partial charge in [-0.3, -0.25) is 9.59 Å². The molecule has 0 spiro atoms. The predicted octanol–water partition coefficient (Wildman–Crippen LogP) is 3.90. The van der Waals surface area contributed by atoms with Crippen LogP contribution in [0.15, 0.2) is 38.7 Å². The predicted molar refractivity (Wildman–Crippen MR) is 102 cm³/mol. The number of ketones is 1. The van der Waals surface area contributed by atoms with Crippen LogP contribution < -0.4 is 10.9 Å². The van der Waals surface area contributed by atoms with Gasteiger partial charge < -0.3 is 10.3 Å².